The molecule has 1 heterocycles. The summed E-state index contributed by atoms with van der Waals surface area (Å²) < 4.78 is 46.4. The number of aliphatic carboxylic acids is 1. The van der Waals surface area contributed by atoms with E-state index in [0.717, 1.165) is 18.4 Å². The highest BCUT2D eigenvalue weighted by Gasteiger charge is 2.31. The Labute approximate surface area is 189 Å². The van der Waals surface area contributed by atoms with Gasteiger partial charge in [-0.25, -0.2) is 4.79 Å². The van der Waals surface area contributed by atoms with Crippen molar-refractivity contribution in [3.8, 4) is 11.5 Å². The third-order valence-corrected chi connectivity index (χ3v) is 5.50. The molecule has 1 fully saturated rings. The lowest BCUT2D eigenvalue weighted by atomic mass is 9.90. The van der Waals surface area contributed by atoms with Crippen LogP contribution in [0.5, 0.6) is 11.5 Å². The highest BCUT2D eigenvalue weighted by Crippen LogP contribution is 2.31. The highest BCUT2D eigenvalue weighted by molar-refractivity contribution is 5.79. The standard InChI is InChI=1S/C24H26F3NO5/c1-23(2,22(30)31)32-20-7-3-5-17(14-20)18-6-4-12-28(15-18)21(29)13-16-8-10-19(11-9-16)33-24(25,26)27/h3,5,7-11,14,18H,4,6,12-13,15H2,1-2H3,(H,30,31)/t18-/m0/s1. The molecule has 1 N–H and O–H groups in total. The molecule has 2 aromatic carbocycles. The first-order chi connectivity index (χ1) is 15.4. The average molecular weight is 465 g/mol. The van der Waals surface area contributed by atoms with Crippen LogP contribution in [-0.4, -0.2) is 46.9 Å². The second kappa shape index (κ2) is 9.72. The molecule has 0 aromatic heterocycles. The van der Waals surface area contributed by atoms with E-state index >= 15 is 0 Å². The third-order valence-electron chi connectivity index (χ3n) is 5.50. The number of carbonyl (C=O) groups excluding carboxylic acids is 1. The zero-order chi connectivity index (χ0) is 24.2. The summed E-state index contributed by atoms with van der Waals surface area (Å²) in [6.07, 6.45) is -3.00. The number of alkyl halides is 3. The summed E-state index contributed by atoms with van der Waals surface area (Å²) >= 11 is 0. The molecule has 0 radical (unpaired) electrons. The summed E-state index contributed by atoms with van der Waals surface area (Å²) in [6.45, 7) is 4.06. The van der Waals surface area contributed by atoms with Crippen LogP contribution in [0.3, 0.4) is 0 Å². The molecule has 178 valence electrons. The van der Waals surface area contributed by atoms with Crippen molar-refractivity contribution in [2.75, 3.05) is 13.1 Å². The molecule has 6 nitrogen and oxygen atoms in total. The second-order valence-corrected chi connectivity index (χ2v) is 8.54. The molecule has 0 spiro atoms. The molecule has 2 aromatic rings. The largest absolute Gasteiger partial charge is 0.573 e. The Hall–Kier alpha value is -3.23. The van der Waals surface area contributed by atoms with Crippen molar-refractivity contribution >= 4 is 11.9 Å². The Morgan fingerprint density at radius 2 is 1.76 bits per heavy atom. The van der Waals surface area contributed by atoms with Gasteiger partial charge >= 0.3 is 12.3 Å². The lowest BCUT2D eigenvalue weighted by Gasteiger charge is -2.33. The summed E-state index contributed by atoms with van der Waals surface area (Å²) in [5.74, 6) is -0.986. The van der Waals surface area contributed by atoms with Gasteiger partial charge in [0, 0.05) is 19.0 Å². The minimum Gasteiger partial charge on any atom is -0.478 e. The molecule has 33 heavy (non-hydrogen) atoms. The molecule has 0 aliphatic carbocycles. The van der Waals surface area contributed by atoms with Gasteiger partial charge in [-0.05, 0) is 62.1 Å². The minimum absolute atomic E-state index is 0.0711. The number of piperidine rings is 1. The number of ether oxygens (including phenoxy) is 2. The summed E-state index contributed by atoms with van der Waals surface area (Å²) in [6, 6.07) is 12.5. The van der Waals surface area contributed by atoms with Gasteiger partial charge in [0.25, 0.3) is 0 Å². The Balaban J connectivity index is 1.63. The van der Waals surface area contributed by atoms with Crippen LogP contribution in [-0.2, 0) is 16.0 Å². The molecule has 1 amide bonds. The van der Waals surface area contributed by atoms with Gasteiger partial charge in [0.15, 0.2) is 5.60 Å². The van der Waals surface area contributed by atoms with Crippen LogP contribution < -0.4 is 9.47 Å². The van der Waals surface area contributed by atoms with Crippen LogP contribution in [0, 0.1) is 0 Å². The van der Waals surface area contributed by atoms with Gasteiger partial charge in [-0.3, -0.25) is 4.79 Å². The Bertz CT molecular complexity index is 988. The first-order valence-electron chi connectivity index (χ1n) is 10.6. The quantitative estimate of drug-likeness (QED) is 0.637. The molecular weight excluding hydrogens is 439 g/mol. The van der Waals surface area contributed by atoms with E-state index in [1.165, 1.54) is 38.1 Å². The number of carboxylic acids is 1. The van der Waals surface area contributed by atoms with E-state index in [1.54, 1.807) is 17.0 Å². The van der Waals surface area contributed by atoms with Gasteiger partial charge < -0.3 is 19.5 Å². The SMILES string of the molecule is CC(C)(Oc1cccc([C@H]2CCCN(C(=O)Cc3ccc(OC(F)(F)F)cc3)C2)c1)C(=O)O. The van der Waals surface area contributed by atoms with Crippen LogP contribution in [0.4, 0.5) is 13.2 Å². The number of hydrogen-bond acceptors (Lipinski definition) is 4. The zero-order valence-corrected chi connectivity index (χ0v) is 18.4. The fourth-order valence-corrected chi connectivity index (χ4v) is 3.74. The van der Waals surface area contributed by atoms with E-state index in [1.807, 2.05) is 12.1 Å². The highest BCUT2D eigenvalue weighted by atomic mass is 19.4. The average Bonchev–Trinajstić information content (AvgIpc) is 2.74. The zero-order valence-electron chi connectivity index (χ0n) is 18.4. The molecule has 3 rings (SSSR count). The lowest BCUT2D eigenvalue weighted by Crippen LogP contribution is -2.40. The van der Waals surface area contributed by atoms with Gasteiger partial charge in [0.05, 0.1) is 6.42 Å². The van der Waals surface area contributed by atoms with E-state index < -0.39 is 17.9 Å². The van der Waals surface area contributed by atoms with E-state index in [2.05, 4.69) is 4.74 Å². The molecule has 1 atom stereocenters. The molecule has 1 saturated heterocycles. The number of carboxylic acid groups (broad SMARTS) is 1. The van der Waals surface area contributed by atoms with E-state index in [-0.39, 0.29) is 24.0 Å². The number of hydrogen-bond donors (Lipinski definition) is 1. The predicted molar refractivity (Wildman–Crippen MR) is 114 cm³/mol. The van der Waals surface area contributed by atoms with Gasteiger partial charge in [0.1, 0.15) is 11.5 Å². The molecule has 1 aliphatic heterocycles. The van der Waals surface area contributed by atoms with Gasteiger partial charge in [0.2, 0.25) is 5.91 Å². The number of halogens is 3. The fourth-order valence-electron chi connectivity index (χ4n) is 3.74. The van der Waals surface area contributed by atoms with Gasteiger partial charge in [-0.15, -0.1) is 13.2 Å². The number of nitrogens with zero attached hydrogens (tertiary/aromatic N) is 1. The van der Waals surface area contributed by atoms with E-state index in [4.69, 9.17) is 4.74 Å². The van der Waals surface area contributed by atoms with E-state index in [0.29, 0.717) is 24.4 Å². The monoisotopic (exact) mass is 465 g/mol. The topological polar surface area (TPSA) is 76.1 Å². The van der Waals surface area contributed by atoms with Crippen LogP contribution >= 0.6 is 0 Å². The smallest absolute Gasteiger partial charge is 0.478 e. The molecule has 0 bridgehead atoms. The van der Waals surface area contributed by atoms with Gasteiger partial charge in [-0.1, -0.05) is 24.3 Å². The van der Waals surface area contributed by atoms with Crippen LogP contribution in [0.25, 0.3) is 0 Å². The van der Waals surface area contributed by atoms with Crippen molar-refractivity contribution in [2.24, 2.45) is 0 Å². The first kappa shape index (κ1) is 24.4. The third kappa shape index (κ3) is 6.87. The van der Waals surface area contributed by atoms with E-state index in [9.17, 15) is 27.9 Å². The molecule has 1 aliphatic rings. The second-order valence-electron chi connectivity index (χ2n) is 8.54. The van der Waals surface area contributed by atoms with Crippen molar-refractivity contribution in [3.05, 3.63) is 59.7 Å². The normalized spacial score (nSPS) is 16.9. The summed E-state index contributed by atoms with van der Waals surface area (Å²) in [4.78, 5) is 25.9. The first-order valence-corrected chi connectivity index (χ1v) is 10.6. The summed E-state index contributed by atoms with van der Waals surface area (Å²) in [7, 11) is 0. The summed E-state index contributed by atoms with van der Waals surface area (Å²) in [5, 5.41) is 9.28. The van der Waals surface area contributed by atoms with Crippen molar-refractivity contribution in [1.29, 1.82) is 0 Å². The van der Waals surface area contributed by atoms with Crippen LogP contribution in [0.2, 0.25) is 0 Å². The maximum atomic E-state index is 12.8. The molecule has 9 heteroatoms. The predicted octanol–water partition coefficient (Wildman–Crippen LogP) is 4.78. The Morgan fingerprint density at radius 3 is 2.39 bits per heavy atom. The number of carbonyl (C=O) groups is 2. The Morgan fingerprint density at radius 1 is 1.06 bits per heavy atom. The Kier molecular flexibility index (Phi) is 7.19. The van der Waals surface area contributed by atoms with Crippen molar-refractivity contribution in [1.82, 2.24) is 4.90 Å². The summed E-state index contributed by atoms with van der Waals surface area (Å²) in [5.41, 5.74) is 0.191. The maximum absolute atomic E-state index is 12.8. The fraction of sp³-hybridized carbons (Fsp3) is 0.417. The number of likely N-dealkylation sites (tertiary alicyclic amines) is 1. The lowest BCUT2D eigenvalue weighted by molar-refractivity contribution is -0.274. The number of amides is 1. The van der Waals surface area contributed by atoms with Crippen molar-refractivity contribution in [2.45, 2.75) is 51.0 Å². The van der Waals surface area contributed by atoms with Crippen molar-refractivity contribution in [3.63, 3.8) is 0 Å². The van der Waals surface area contributed by atoms with Gasteiger partial charge in [-0.2, -0.15) is 0 Å². The van der Waals surface area contributed by atoms with Crippen LogP contribution in [0.1, 0.15) is 43.7 Å². The minimum atomic E-state index is -4.76. The maximum Gasteiger partial charge on any atom is 0.573 e. The molecule has 0 saturated carbocycles. The van der Waals surface area contributed by atoms with Crippen LogP contribution in [0.15, 0.2) is 48.5 Å². The van der Waals surface area contributed by atoms with Crippen molar-refractivity contribution < 1.29 is 37.3 Å². The molecular formula is C24H26F3NO5. The number of rotatable bonds is 7. The number of benzene rings is 2. The molecule has 0 unspecified atom stereocenters.